The van der Waals surface area contributed by atoms with E-state index in [0.29, 0.717) is 25.0 Å². The van der Waals surface area contributed by atoms with Crippen LogP contribution in [0.3, 0.4) is 0 Å². The predicted molar refractivity (Wildman–Crippen MR) is 167 cm³/mol. The van der Waals surface area contributed by atoms with Crippen molar-refractivity contribution in [1.29, 1.82) is 0 Å². The molecule has 0 unspecified atom stereocenters. The fraction of sp³-hybridized carbons (Fsp3) is 0.344. The maximum atomic E-state index is 13.8. The minimum atomic E-state index is -4.73. The van der Waals surface area contributed by atoms with Gasteiger partial charge in [-0.2, -0.15) is 23.3 Å². The number of rotatable bonds is 7. The summed E-state index contributed by atoms with van der Waals surface area (Å²) in [7, 11) is 1.43. The number of nitrogens with one attached hydrogen (secondary N) is 3. The minimum Gasteiger partial charge on any atom is -0.444 e. The second-order valence-electron chi connectivity index (χ2n) is 11.8. The first-order valence-corrected chi connectivity index (χ1v) is 14.7. The molecule has 46 heavy (non-hydrogen) atoms. The molecular weight excluding hydrogens is 601 g/mol. The van der Waals surface area contributed by atoms with E-state index in [9.17, 15) is 22.8 Å². The fourth-order valence-corrected chi connectivity index (χ4v) is 5.00. The molecule has 5 rings (SSSR count). The van der Waals surface area contributed by atoms with E-state index in [1.165, 1.54) is 19.2 Å². The summed E-state index contributed by atoms with van der Waals surface area (Å²) in [4.78, 5) is 34.3. The number of hydrogen-bond donors (Lipinski definition) is 3. The lowest BCUT2D eigenvalue weighted by Gasteiger charge is -2.33. The van der Waals surface area contributed by atoms with Gasteiger partial charge >= 0.3 is 12.3 Å². The summed E-state index contributed by atoms with van der Waals surface area (Å²) >= 11 is 0. The highest BCUT2D eigenvalue weighted by Gasteiger charge is 2.36. The predicted octanol–water partition coefficient (Wildman–Crippen LogP) is 6.78. The van der Waals surface area contributed by atoms with Gasteiger partial charge in [-0.15, -0.1) is 0 Å². The highest BCUT2D eigenvalue weighted by molar-refractivity contribution is 6.00. The number of likely N-dealkylation sites (tertiary alicyclic amines) is 1. The number of nitrogens with zero attached hydrogens (tertiary/aromatic N) is 5. The first-order chi connectivity index (χ1) is 21.8. The summed E-state index contributed by atoms with van der Waals surface area (Å²) < 4.78 is 48.8. The zero-order valence-electron chi connectivity index (χ0n) is 25.9. The van der Waals surface area contributed by atoms with Crippen LogP contribution in [0.1, 0.15) is 55.6 Å². The SMILES string of the molecule is CNC(=O)c1ccccc1Nc1nc(Nc2ccc(-c3cnn(C4CCN(C(=O)OC(C)(C)C)CC4)c3)cc2)ncc1C(F)(F)F. The first kappa shape index (κ1) is 32.3. The Balaban J connectivity index is 1.26. The summed E-state index contributed by atoms with van der Waals surface area (Å²) in [6.45, 7) is 6.71. The molecule has 3 N–H and O–H groups in total. The average Bonchev–Trinajstić information content (AvgIpc) is 3.51. The second kappa shape index (κ2) is 13.1. The summed E-state index contributed by atoms with van der Waals surface area (Å²) in [5, 5.41) is 12.6. The van der Waals surface area contributed by atoms with Crippen LogP contribution in [0, 0.1) is 0 Å². The molecule has 0 spiro atoms. The average molecular weight is 637 g/mol. The largest absolute Gasteiger partial charge is 0.444 e. The van der Waals surface area contributed by atoms with Crippen molar-refractivity contribution in [2.24, 2.45) is 0 Å². The number of para-hydroxylation sites is 1. The second-order valence-corrected chi connectivity index (χ2v) is 11.8. The molecule has 1 saturated heterocycles. The van der Waals surface area contributed by atoms with E-state index in [-0.39, 0.29) is 29.3 Å². The summed E-state index contributed by atoms with van der Waals surface area (Å²) in [5.41, 5.74) is 1.06. The Morgan fingerprint density at radius 1 is 0.935 bits per heavy atom. The van der Waals surface area contributed by atoms with Crippen LogP contribution in [0.25, 0.3) is 11.1 Å². The van der Waals surface area contributed by atoms with Crippen molar-refractivity contribution in [2.75, 3.05) is 30.8 Å². The Kier molecular flexibility index (Phi) is 9.17. The molecule has 1 aliphatic rings. The quantitative estimate of drug-likeness (QED) is 0.203. The number of anilines is 4. The number of aromatic nitrogens is 4. The van der Waals surface area contributed by atoms with Crippen LogP contribution in [-0.2, 0) is 10.9 Å². The monoisotopic (exact) mass is 636 g/mol. The molecule has 0 radical (unpaired) electrons. The van der Waals surface area contributed by atoms with E-state index in [0.717, 1.165) is 24.0 Å². The zero-order chi connectivity index (χ0) is 33.1. The topological polar surface area (TPSA) is 126 Å². The molecule has 242 valence electrons. The molecule has 0 saturated carbocycles. The molecule has 2 amide bonds. The Morgan fingerprint density at radius 2 is 1.63 bits per heavy atom. The molecule has 4 aromatic rings. The van der Waals surface area contributed by atoms with Gasteiger partial charge < -0.3 is 25.6 Å². The number of carbonyl (C=O) groups excluding carboxylic acids is 2. The van der Waals surface area contributed by atoms with E-state index in [1.54, 1.807) is 35.4 Å². The lowest BCUT2D eigenvalue weighted by molar-refractivity contribution is -0.137. The number of carbonyl (C=O) groups is 2. The highest BCUT2D eigenvalue weighted by Crippen LogP contribution is 2.36. The highest BCUT2D eigenvalue weighted by atomic mass is 19.4. The molecule has 2 aromatic carbocycles. The van der Waals surface area contributed by atoms with Crippen molar-refractivity contribution < 1.29 is 27.5 Å². The normalized spacial score (nSPS) is 14.1. The number of alkyl halides is 3. The van der Waals surface area contributed by atoms with E-state index in [2.05, 4.69) is 31.0 Å². The van der Waals surface area contributed by atoms with Gasteiger partial charge in [0.1, 0.15) is 17.0 Å². The van der Waals surface area contributed by atoms with E-state index in [1.807, 2.05) is 43.8 Å². The minimum absolute atomic E-state index is 0.0637. The maximum Gasteiger partial charge on any atom is 0.421 e. The number of hydrogen-bond acceptors (Lipinski definition) is 8. The van der Waals surface area contributed by atoms with Crippen LogP contribution in [0.4, 0.5) is 41.1 Å². The lowest BCUT2D eigenvalue weighted by Crippen LogP contribution is -2.42. The molecule has 1 fully saturated rings. The van der Waals surface area contributed by atoms with Gasteiger partial charge in [0.25, 0.3) is 5.91 Å². The van der Waals surface area contributed by atoms with Gasteiger partial charge in [-0.05, 0) is 63.4 Å². The van der Waals surface area contributed by atoms with Gasteiger partial charge in [0.15, 0.2) is 0 Å². The molecule has 1 aliphatic heterocycles. The number of benzene rings is 2. The van der Waals surface area contributed by atoms with Crippen LogP contribution in [0.2, 0.25) is 0 Å². The molecule has 3 heterocycles. The molecule has 14 heteroatoms. The summed E-state index contributed by atoms with van der Waals surface area (Å²) in [5.74, 6) is -1.02. The van der Waals surface area contributed by atoms with Gasteiger partial charge in [-0.1, -0.05) is 24.3 Å². The smallest absolute Gasteiger partial charge is 0.421 e. The number of halogens is 3. The van der Waals surface area contributed by atoms with Crippen LogP contribution >= 0.6 is 0 Å². The first-order valence-electron chi connectivity index (χ1n) is 14.7. The van der Waals surface area contributed by atoms with Crippen molar-refractivity contribution in [3.8, 4) is 11.1 Å². The Morgan fingerprint density at radius 3 is 2.28 bits per heavy atom. The third-order valence-corrected chi connectivity index (χ3v) is 7.31. The van der Waals surface area contributed by atoms with Crippen molar-refractivity contribution in [3.63, 3.8) is 0 Å². The Hall–Kier alpha value is -5.14. The molecule has 0 aliphatic carbocycles. The van der Waals surface area contributed by atoms with Crippen LogP contribution in [0.5, 0.6) is 0 Å². The lowest BCUT2D eigenvalue weighted by atomic mass is 10.1. The van der Waals surface area contributed by atoms with Gasteiger partial charge in [-0.3, -0.25) is 9.48 Å². The number of piperidine rings is 1. The van der Waals surface area contributed by atoms with Crippen molar-refractivity contribution >= 4 is 35.1 Å². The molecule has 0 bridgehead atoms. The Bertz CT molecular complexity index is 1690. The van der Waals surface area contributed by atoms with Crippen LogP contribution < -0.4 is 16.0 Å². The number of amides is 2. The summed E-state index contributed by atoms with van der Waals surface area (Å²) in [6, 6.07) is 13.6. The van der Waals surface area contributed by atoms with Crippen molar-refractivity contribution in [2.45, 2.75) is 51.4 Å². The van der Waals surface area contributed by atoms with Crippen LogP contribution in [-0.4, -0.2) is 62.4 Å². The Labute approximate surface area is 264 Å². The van der Waals surface area contributed by atoms with Gasteiger partial charge in [0.05, 0.1) is 23.5 Å². The van der Waals surface area contributed by atoms with Gasteiger partial charge in [0.2, 0.25) is 5.95 Å². The van der Waals surface area contributed by atoms with E-state index in [4.69, 9.17) is 4.74 Å². The molecule has 2 aromatic heterocycles. The third kappa shape index (κ3) is 7.73. The third-order valence-electron chi connectivity index (χ3n) is 7.31. The van der Waals surface area contributed by atoms with Crippen molar-refractivity contribution in [3.05, 3.63) is 78.2 Å². The number of ether oxygens (including phenoxy) is 1. The standard InChI is InChI=1S/C32H35F3N8O3/c1-31(2,3)46-30(45)42-15-13-23(14-16-42)43-19-21(17-38-43)20-9-11-22(12-10-20)39-29-37-18-25(32(33,34)35)27(41-29)40-26-8-6-5-7-24(26)28(44)36-4/h5-12,17-19,23H,13-16H2,1-4H3,(H,36,44)(H2,37,39,40,41). The van der Waals surface area contributed by atoms with Crippen LogP contribution in [0.15, 0.2) is 67.1 Å². The fourth-order valence-electron chi connectivity index (χ4n) is 5.00. The zero-order valence-corrected chi connectivity index (χ0v) is 25.9. The summed E-state index contributed by atoms with van der Waals surface area (Å²) in [6.07, 6.45) is 0.904. The van der Waals surface area contributed by atoms with Crippen molar-refractivity contribution in [1.82, 2.24) is 30.0 Å². The molecular formula is C32H35F3N8O3. The molecule has 0 atom stereocenters. The van der Waals surface area contributed by atoms with E-state index < -0.39 is 29.1 Å². The maximum absolute atomic E-state index is 13.8. The van der Waals surface area contributed by atoms with Gasteiger partial charge in [0, 0.05) is 43.8 Å². The molecule has 11 nitrogen and oxygen atoms in total. The van der Waals surface area contributed by atoms with E-state index >= 15 is 0 Å². The van der Waals surface area contributed by atoms with Gasteiger partial charge in [-0.25, -0.2) is 9.78 Å².